The predicted molar refractivity (Wildman–Crippen MR) is 135 cm³/mol. The highest BCUT2D eigenvalue weighted by Gasteiger charge is 2.26. The number of hydrogen-bond donors (Lipinski definition) is 1. The maximum absolute atomic E-state index is 12.8. The molecule has 0 spiro atoms. The minimum atomic E-state index is -0.158. The Labute approximate surface area is 203 Å². The maximum Gasteiger partial charge on any atom is 0.322 e. The molecule has 2 aromatic carbocycles. The molecule has 0 bridgehead atoms. The molecule has 1 aliphatic heterocycles. The molecule has 1 fully saturated rings. The molecule has 1 aliphatic rings. The molecule has 1 N–H and O–H groups in total. The second-order valence-electron chi connectivity index (χ2n) is 8.55. The average Bonchev–Trinajstić information content (AvgIpc) is 3.20. The van der Waals surface area contributed by atoms with Crippen molar-refractivity contribution in [2.75, 3.05) is 36.4 Å². The molecule has 174 valence electrons. The number of aromatic nitrogens is 4. The molecule has 0 aliphatic carbocycles. The van der Waals surface area contributed by atoms with E-state index in [9.17, 15) is 4.79 Å². The molecule has 0 atom stereocenters. The van der Waals surface area contributed by atoms with E-state index in [1.165, 1.54) is 0 Å². The van der Waals surface area contributed by atoms with Gasteiger partial charge in [-0.15, -0.1) is 5.10 Å². The number of para-hydroxylation sites is 1. The van der Waals surface area contributed by atoms with Gasteiger partial charge in [0.2, 0.25) is 0 Å². The van der Waals surface area contributed by atoms with Crippen molar-refractivity contribution in [3.05, 3.63) is 70.5 Å². The summed E-state index contributed by atoms with van der Waals surface area (Å²) in [4.78, 5) is 16.7. The number of nitrogens with one attached hydrogen (secondary N) is 1. The third kappa shape index (κ3) is 4.05. The van der Waals surface area contributed by atoms with Crippen molar-refractivity contribution in [1.82, 2.24) is 24.9 Å². The summed E-state index contributed by atoms with van der Waals surface area (Å²) in [5.74, 6) is 0.750. The van der Waals surface area contributed by atoms with Gasteiger partial charge in [-0.05, 0) is 50.6 Å². The Balaban J connectivity index is 1.36. The van der Waals surface area contributed by atoms with Crippen LogP contribution < -0.4 is 10.2 Å². The van der Waals surface area contributed by atoms with Gasteiger partial charge in [0.25, 0.3) is 0 Å². The van der Waals surface area contributed by atoms with Crippen molar-refractivity contribution in [1.29, 1.82) is 0 Å². The molecule has 0 unspecified atom stereocenters. The molecule has 0 saturated carbocycles. The topological polar surface area (TPSA) is 79.2 Å². The maximum atomic E-state index is 12.8. The number of amides is 2. The van der Waals surface area contributed by atoms with E-state index in [1.54, 1.807) is 4.90 Å². The minimum Gasteiger partial charge on any atom is -0.350 e. The summed E-state index contributed by atoms with van der Waals surface area (Å²) in [6.07, 6.45) is 0. The van der Waals surface area contributed by atoms with Crippen LogP contribution in [-0.2, 0) is 0 Å². The van der Waals surface area contributed by atoms with E-state index < -0.39 is 0 Å². The molecular weight excluding hydrogens is 450 g/mol. The van der Waals surface area contributed by atoms with E-state index in [4.69, 9.17) is 16.7 Å². The number of anilines is 2. The first-order valence-electron chi connectivity index (χ1n) is 11.3. The molecule has 0 radical (unpaired) electrons. The van der Waals surface area contributed by atoms with E-state index >= 15 is 0 Å². The summed E-state index contributed by atoms with van der Waals surface area (Å²) in [6.45, 7) is 8.38. The highest BCUT2D eigenvalue weighted by atomic mass is 35.5. The van der Waals surface area contributed by atoms with Crippen LogP contribution in [0.15, 0.2) is 48.5 Å². The Hall–Kier alpha value is -3.65. The lowest BCUT2D eigenvalue weighted by Gasteiger charge is -2.35. The lowest BCUT2D eigenvalue weighted by molar-refractivity contribution is 0.208. The van der Waals surface area contributed by atoms with Crippen molar-refractivity contribution in [3.63, 3.8) is 0 Å². The third-order valence-electron chi connectivity index (χ3n) is 6.22. The molecule has 3 heterocycles. The lowest BCUT2D eigenvalue weighted by Crippen LogP contribution is -2.50. The summed E-state index contributed by atoms with van der Waals surface area (Å²) in [7, 11) is 0. The number of carbonyl (C=O) groups is 1. The fourth-order valence-electron chi connectivity index (χ4n) is 4.38. The Morgan fingerprint density at radius 1 is 0.971 bits per heavy atom. The molecule has 4 aromatic rings. The molecule has 1 saturated heterocycles. The number of fused-ring (bicyclic) bond motifs is 1. The van der Waals surface area contributed by atoms with Crippen molar-refractivity contribution in [3.8, 4) is 5.69 Å². The quantitative estimate of drug-likeness (QED) is 0.462. The van der Waals surface area contributed by atoms with E-state index in [0.29, 0.717) is 36.9 Å². The normalized spacial score (nSPS) is 14.0. The number of aryl methyl sites for hydroxylation is 3. The van der Waals surface area contributed by atoms with Crippen LogP contribution in [0.1, 0.15) is 17.0 Å². The van der Waals surface area contributed by atoms with Crippen LogP contribution in [0.25, 0.3) is 16.6 Å². The zero-order chi connectivity index (χ0) is 23.8. The van der Waals surface area contributed by atoms with Crippen LogP contribution in [-0.4, -0.2) is 57.1 Å². The Kier molecular flexibility index (Phi) is 5.83. The van der Waals surface area contributed by atoms with E-state index in [1.807, 2.05) is 67.1 Å². The number of rotatable bonds is 3. The van der Waals surface area contributed by atoms with Gasteiger partial charge in [-0.3, -0.25) is 0 Å². The Bertz CT molecular complexity index is 1360. The highest BCUT2D eigenvalue weighted by molar-refractivity contribution is 6.33. The molecule has 8 nitrogen and oxygen atoms in total. The summed E-state index contributed by atoms with van der Waals surface area (Å²) < 4.78 is 1.94. The fourth-order valence-corrected chi connectivity index (χ4v) is 4.66. The number of halogens is 1. The first kappa shape index (κ1) is 22.2. The predicted octanol–water partition coefficient (Wildman–Crippen LogP) is 4.75. The molecule has 34 heavy (non-hydrogen) atoms. The smallest absolute Gasteiger partial charge is 0.322 e. The van der Waals surface area contributed by atoms with Crippen molar-refractivity contribution >= 4 is 40.0 Å². The van der Waals surface area contributed by atoms with Crippen LogP contribution >= 0.6 is 11.6 Å². The van der Waals surface area contributed by atoms with E-state index in [-0.39, 0.29) is 6.03 Å². The van der Waals surface area contributed by atoms with Gasteiger partial charge in [0.05, 0.1) is 33.2 Å². The third-order valence-corrected chi connectivity index (χ3v) is 6.53. The molecule has 2 aromatic heterocycles. The molecule has 9 heteroatoms. The molecule has 5 rings (SSSR count). The van der Waals surface area contributed by atoms with E-state index in [0.717, 1.165) is 39.4 Å². The number of hydrogen-bond acceptors (Lipinski definition) is 5. The van der Waals surface area contributed by atoms with Crippen LogP contribution in [0.4, 0.5) is 16.3 Å². The van der Waals surface area contributed by atoms with Gasteiger partial charge < -0.3 is 15.1 Å². The number of urea groups is 1. The SMILES string of the molecule is Cc1ccc(NC(=O)N2CCN(c3nnc(C)c4c(C)n(-c5ccccc5)nc34)CC2)c(Cl)c1. The summed E-state index contributed by atoms with van der Waals surface area (Å²) >= 11 is 6.28. The Morgan fingerprint density at radius 3 is 2.41 bits per heavy atom. The van der Waals surface area contributed by atoms with Gasteiger partial charge in [-0.1, -0.05) is 35.9 Å². The Morgan fingerprint density at radius 2 is 1.71 bits per heavy atom. The van der Waals surface area contributed by atoms with Gasteiger partial charge in [0, 0.05) is 26.2 Å². The van der Waals surface area contributed by atoms with E-state index in [2.05, 4.69) is 27.3 Å². The number of piperazine rings is 1. The first-order valence-corrected chi connectivity index (χ1v) is 11.6. The van der Waals surface area contributed by atoms with Gasteiger partial charge in [-0.25, -0.2) is 9.48 Å². The average molecular weight is 476 g/mol. The van der Waals surface area contributed by atoms with Gasteiger partial charge in [0.1, 0.15) is 5.52 Å². The first-order chi connectivity index (χ1) is 16.4. The van der Waals surface area contributed by atoms with Crippen molar-refractivity contribution in [2.45, 2.75) is 20.8 Å². The largest absolute Gasteiger partial charge is 0.350 e. The van der Waals surface area contributed by atoms with Crippen LogP contribution in [0.5, 0.6) is 0 Å². The van der Waals surface area contributed by atoms with Gasteiger partial charge in [0.15, 0.2) is 5.82 Å². The second-order valence-corrected chi connectivity index (χ2v) is 8.96. The standard InChI is InChI=1S/C25H26ClN7O/c1-16-9-10-21(20(26)15-16)27-25(34)32-13-11-31(12-14-32)24-23-22(17(2)28-29-24)18(3)33(30-23)19-7-5-4-6-8-19/h4-10,15H,11-14H2,1-3H3,(H,27,34). The van der Waals surface area contributed by atoms with Crippen LogP contribution in [0, 0.1) is 20.8 Å². The van der Waals surface area contributed by atoms with Crippen LogP contribution in [0.2, 0.25) is 5.02 Å². The number of carbonyl (C=O) groups excluding carboxylic acids is 1. The molecular formula is C25H26ClN7O. The number of nitrogens with zero attached hydrogens (tertiary/aromatic N) is 6. The highest BCUT2D eigenvalue weighted by Crippen LogP contribution is 2.30. The summed E-state index contributed by atoms with van der Waals surface area (Å²) in [6, 6.07) is 15.5. The zero-order valence-electron chi connectivity index (χ0n) is 19.4. The fraction of sp³-hybridized carbons (Fsp3) is 0.280. The van der Waals surface area contributed by atoms with Crippen molar-refractivity contribution in [2.24, 2.45) is 0 Å². The second kappa shape index (κ2) is 8.95. The van der Waals surface area contributed by atoms with Crippen molar-refractivity contribution < 1.29 is 4.79 Å². The monoisotopic (exact) mass is 475 g/mol. The molecule has 2 amide bonds. The minimum absolute atomic E-state index is 0.158. The number of benzene rings is 2. The van der Waals surface area contributed by atoms with Gasteiger partial charge >= 0.3 is 6.03 Å². The summed E-state index contributed by atoms with van der Waals surface area (Å²) in [5.41, 5.74) is 5.38. The van der Waals surface area contributed by atoms with Gasteiger partial charge in [-0.2, -0.15) is 10.2 Å². The summed E-state index contributed by atoms with van der Waals surface area (Å²) in [5, 5.41) is 18.3. The van der Waals surface area contributed by atoms with Crippen LogP contribution in [0.3, 0.4) is 0 Å². The zero-order valence-corrected chi connectivity index (χ0v) is 20.2. The lowest BCUT2D eigenvalue weighted by atomic mass is 10.2.